The van der Waals surface area contributed by atoms with E-state index in [4.69, 9.17) is 4.74 Å². The molecule has 1 aromatic carbocycles. The molecule has 2 rings (SSSR count). The molecule has 0 aliphatic carbocycles. The molecule has 0 radical (unpaired) electrons. The molecule has 0 spiro atoms. The molecular weight excluding hydrogens is 400 g/mol. The van der Waals surface area contributed by atoms with Crippen LogP contribution < -0.4 is 15.4 Å². The number of hydrogen-bond donors (Lipinski definition) is 2. The van der Waals surface area contributed by atoms with Gasteiger partial charge in [0.2, 0.25) is 10.0 Å². The van der Waals surface area contributed by atoms with Crippen LogP contribution in [0.5, 0.6) is 5.75 Å². The van der Waals surface area contributed by atoms with E-state index in [1.807, 2.05) is 25.1 Å². The molecule has 0 atom stereocenters. The van der Waals surface area contributed by atoms with Crippen molar-refractivity contribution >= 4 is 16.0 Å². The van der Waals surface area contributed by atoms with Crippen LogP contribution in [-0.4, -0.2) is 63.3 Å². The van der Waals surface area contributed by atoms with E-state index in [-0.39, 0.29) is 17.2 Å². The molecule has 1 aliphatic rings. The highest BCUT2D eigenvalue weighted by Gasteiger charge is 2.27. The summed E-state index contributed by atoms with van der Waals surface area (Å²) in [6, 6.07) is 8.36. The first-order valence-electron chi connectivity index (χ1n) is 10.9. The van der Waals surface area contributed by atoms with Crippen molar-refractivity contribution in [3.8, 4) is 5.75 Å². The van der Waals surface area contributed by atoms with Gasteiger partial charge < -0.3 is 15.4 Å². The molecule has 0 unspecified atom stereocenters. The number of hydrogen-bond acceptors (Lipinski definition) is 4. The van der Waals surface area contributed by atoms with E-state index >= 15 is 0 Å². The van der Waals surface area contributed by atoms with Crippen LogP contribution in [0.15, 0.2) is 29.3 Å². The van der Waals surface area contributed by atoms with E-state index in [0.717, 1.165) is 31.1 Å². The first kappa shape index (κ1) is 24.5. The summed E-state index contributed by atoms with van der Waals surface area (Å²) < 4.78 is 31.6. The maximum atomic E-state index is 12.0. The minimum Gasteiger partial charge on any atom is -0.491 e. The lowest BCUT2D eigenvalue weighted by atomic mass is 9.86. The number of nitrogens with zero attached hydrogens (tertiary/aromatic N) is 2. The van der Waals surface area contributed by atoms with Crippen LogP contribution in [0.2, 0.25) is 0 Å². The molecule has 0 amide bonds. The molecular formula is C22H38N4O3S. The van der Waals surface area contributed by atoms with Crippen LogP contribution in [0.1, 0.15) is 53.0 Å². The van der Waals surface area contributed by atoms with Crippen LogP contribution in [0, 0.1) is 0 Å². The second-order valence-electron chi connectivity index (χ2n) is 8.57. The van der Waals surface area contributed by atoms with Gasteiger partial charge >= 0.3 is 0 Å². The zero-order chi connectivity index (χ0) is 22.2. The van der Waals surface area contributed by atoms with Gasteiger partial charge in [-0.25, -0.2) is 17.7 Å². The van der Waals surface area contributed by atoms with Gasteiger partial charge in [0.25, 0.3) is 0 Å². The first-order chi connectivity index (χ1) is 14.2. The Hall–Kier alpha value is -1.80. The Morgan fingerprint density at radius 2 is 1.87 bits per heavy atom. The Labute approximate surface area is 182 Å². The zero-order valence-electron chi connectivity index (χ0n) is 19.1. The van der Waals surface area contributed by atoms with Crippen molar-refractivity contribution in [1.82, 2.24) is 14.9 Å². The Kier molecular flexibility index (Phi) is 8.97. The molecule has 170 valence electrons. The fourth-order valence-electron chi connectivity index (χ4n) is 3.50. The lowest BCUT2D eigenvalue weighted by Crippen LogP contribution is -2.50. The first-order valence-corrected chi connectivity index (χ1v) is 12.5. The fourth-order valence-corrected chi connectivity index (χ4v) is 4.63. The largest absolute Gasteiger partial charge is 0.491 e. The van der Waals surface area contributed by atoms with Crippen molar-refractivity contribution in [3.63, 3.8) is 0 Å². The second kappa shape index (κ2) is 11.0. The summed E-state index contributed by atoms with van der Waals surface area (Å²) in [5.74, 6) is 1.82. The number of nitrogens with one attached hydrogen (secondary N) is 2. The van der Waals surface area contributed by atoms with Crippen LogP contribution in [0.25, 0.3) is 0 Å². The number of guanidine groups is 1. The summed E-state index contributed by atoms with van der Waals surface area (Å²) in [5, 5.41) is 6.71. The third-order valence-corrected chi connectivity index (χ3v) is 7.09. The van der Waals surface area contributed by atoms with Crippen LogP contribution in [0.4, 0.5) is 0 Å². The lowest BCUT2D eigenvalue weighted by Gasteiger charge is -2.32. The van der Waals surface area contributed by atoms with Gasteiger partial charge in [0.15, 0.2) is 5.96 Å². The van der Waals surface area contributed by atoms with Gasteiger partial charge in [0.1, 0.15) is 12.4 Å². The highest BCUT2D eigenvalue weighted by Crippen LogP contribution is 2.30. The van der Waals surface area contributed by atoms with E-state index in [0.29, 0.717) is 26.2 Å². The molecule has 0 bridgehead atoms. The number of benzene rings is 1. The minimum absolute atomic E-state index is 0.0243. The molecule has 7 nitrogen and oxygen atoms in total. The third kappa shape index (κ3) is 7.16. The minimum atomic E-state index is -3.10. The Balaban J connectivity index is 1.87. The summed E-state index contributed by atoms with van der Waals surface area (Å²) in [5.41, 5.74) is 1.21. The summed E-state index contributed by atoms with van der Waals surface area (Å²) >= 11 is 0. The highest BCUT2D eigenvalue weighted by molar-refractivity contribution is 7.89. The van der Waals surface area contributed by atoms with Crippen LogP contribution in [-0.2, 0) is 15.4 Å². The van der Waals surface area contributed by atoms with Crippen molar-refractivity contribution in [1.29, 1.82) is 0 Å². The molecule has 1 fully saturated rings. The number of piperidine rings is 1. The van der Waals surface area contributed by atoms with Gasteiger partial charge in [-0.2, -0.15) is 0 Å². The Morgan fingerprint density at radius 3 is 2.47 bits per heavy atom. The lowest BCUT2D eigenvalue weighted by molar-refractivity contribution is 0.305. The number of aliphatic imine (C=N–C) groups is 1. The predicted molar refractivity (Wildman–Crippen MR) is 124 cm³/mol. The Morgan fingerprint density at radius 1 is 1.20 bits per heavy atom. The topological polar surface area (TPSA) is 83.0 Å². The molecule has 0 aromatic heterocycles. The van der Waals surface area contributed by atoms with E-state index in [9.17, 15) is 8.42 Å². The SMILES string of the molecule is CCNC(=NCCOc1ccccc1C(C)(C)C)NC1CCN(S(=O)(=O)CC)CC1. The molecule has 30 heavy (non-hydrogen) atoms. The molecule has 2 N–H and O–H groups in total. The number of rotatable bonds is 8. The van der Waals surface area contributed by atoms with Gasteiger partial charge in [-0.05, 0) is 43.7 Å². The Bertz CT molecular complexity index is 795. The van der Waals surface area contributed by atoms with Crippen LogP contribution in [0.3, 0.4) is 0 Å². The van der Waals surface area contributed by atoms with Gasteiger partial charge in [0.05, 0.1) is 12.3 Å². The molecule has 0 saturated carbocycles. The number of ether oxygens (including phenoxy) is 1. The standard InChI is InChI=1S/C22H38N4O3S/c1-6-23-21(25-18-12-15-26(16-13-18)30(27,28)7-2)24-14-17-29-20-11-9-8-10-19(20)22(3,4)5/h8-11,18H,6-7,12-17H2,1-5H3,(H2,23,24,25). The van der Waals surface area contributed by atoms with E-state index < -0.39 is 10.0 Å². The maximum Gasteiger partial charge on any atom is 0.213 e. The summed E-state index contributed by atoms with van der Waals surface area (Å²) in [4.78, 5) is 4.64. The van der Waals surface area contributed by atoms with Gasteiger partial charge in [-0.15, -0.1) is 0 Å². The highest BCUT2D eigenvalue weighted by atomic mass is 32.2. The van der Waals surface area contributed by atoms with E-state index in [2.05, 4.69) is 42.5 Å². The summed E-state index contributed by atoms with van der Waals surface area (Å²) in [6.45, 7) is 13.2. The predicted octanol–water partition coefficient (Wildman–Crippen LogP) is 2.73. The van der Waals surface area contributed by atoms with Crippen molar-refractivity contribution in [2.75, 3.05) is 38.5 Å². The third-order valence-electron chi connectivity index (χ3n) is 5.21. The van der Waals surface area contributed by atoms with Crippen LogP contribution >= 0.6 is 0 Å². The smallest absolute Gasteiger partial charge is 0.213 e. The molecule has 1 aromatic rings. The summed E-state index contributed by atoms with van der Waals surface area (Å²) in [6.07, 6.45) is 1.55. The number of sulfonamides is 1. The average molecular weight is 439 g/mol. The molecule has 1 saturated heterocycles. The van der Waals surface area contributed by atoms with Crippen molar-refractivity contribution in [2.24, 2.45) is 4.99 Å². The number of para-hydroxylation sites is 1. The van der Waals surface area contributed by atoms with E-state index in [1.54, 1.807) is 11.2 Å². The van der Waals surface area contributed by atoms with E-state index in [1.165, 1.54) is 5.56 Å². The van der Waals surface area contributed by atoms with Crippen molar-refractivity contribution in [3.05, 3.63) is 29.8 Å². The summed E-state index contributed by atoms with van der Waals surface area (Å²) in [7, 11) is -3.10. The van der Waals surface area contributed by atoms with Gasteiger partial charge in [0, 0.05) is 25.7 Å². The normalized spacial score (nSPS) is 17.0. The van der Waals surface area contributed by atoms with Crippen molar-refractivity contribution in [2.45, 2.75) is 58.9 Å². The molecule has 8 heteroatoms. The molecule has 1 heterocycles. The molecule has 1 aliphatic heterocycles. The average Bonchev–Trinajstić information content (AvgIpc) is 2.71. The maximum absolute atomic E-state index is 12.0. The van der Waals surface area contributed by atoms with Gasteiger partial charge in [-0.3, -0.25) is 0 Å². The quantitative estimate of drug-likeness (QED) is 0.370. The zero-order valence-corrected chi connectivity index (χ0v) is 19.9. The second-order valence-corrected chi connectivity index (χ2v) is 10.8. The van der Waals surface area contributed by atoms with Gasteiger partial charge in [-0.1, -0.05) is 39.0 Å². The van der Waals surface area contributed by atoms with Crippen molar-refractivity contribution < 1.29 is 13.2 Å². The fraction of sp³-hybridized carbons (Fsp3) is 0.682. The monoisotopic (exact) mass is 438 g/mol.